The van der Waals surface area contributed by atoms with Gasteiger partial charge in [0.25, 0.3) is 0 Å². The number of carbonyl (C=O) groups is 1. The summed E-state index contributed by atoms with van der Waals surface area (Å²) in [6.07, 6.45) is 4.18. The SMILES string of the molecule is CCOC(=O)C1CCC(O)(CN2CCCSCC2)CC1. The molecule has 0 unspecified atom stereocenters. The van der Waals surface area contributed by atoms with E-state index in [2.05, 4.69) is 4.90 Å². The second-order valence-corrected chi connectivity index (χ2v) is 7.22. The van der Waals surface area contributed by atoms with Gasteiger partial charge < -0.3 is 9.84 Å². The number of rotatable bonds is 4. The van der Waals surface area contributed by atoms with Gasteiger partial charge in [0.1, 0.15) is 0 Å². The summed E-state index contributed by atoms with van der Waals surface area (Å²) >= 11 is 2.01. The van der Waals surface area contributed by atoms with Crippen LogP contribution in [0.1, 0.15) is 39.0 Å². The zero-order chi connectivity index (χ0) is 14.4. The highest BCUT2D eigenvalue weighted by Crippen LogP contribution is 2.33. The molecule has 1 aliphatic carbocycles. The summed E-state index contributed by atoms with van der Waals surface area (Å²) < 4.78 is 5.08. The second-order valence-electron chi connectivity index (χ2n) is 5.99. The van der Waals surface area contributed by atoms with Crippen LogP contribution in [0.4, 0.5) is 0 Å². The van der Waals surface area contributed by atoms with Crippen molar-refractivity contribution in [2.24, 2.45) is 5.92 Å². The number of thioether (sulfide) groups is 1. The Bertz CT molecular complexity index is 308. The quantitative estimate of drug-likeness (QED) is 0.804. The predicted octanol–water partition coefficient (Wildman–Crippen LogP) is 1.91. The Morgan fingerprint density at radius 2 is 2.10 bits per heavy atom. The van der Waals surface area contributed by atoms with Crippen molar-refractivity contribution in [1.82, 2.24) is 4.90 Å². The first kappa shape index (κ1) is 16.1. The van der Waals surface area contributed by atoms with Crippen molar-refractivity contribution >= 4 is 17.7 Å². The molecule has 0 aromatic carbocycles. The minimum absolute atomic E-state index is 0.00471. The Morgan fingerprint density at radius 1 is 1.35 bits per heavy atom. The fourth-order valence-electron chi connectivity index (χ4n) is 3.18. The normalized spacial score (nSPS) is 32.6. The maximum atomic E-state index is 11.7. The van der Waals surface area contributed by atoms with E-state index >= 15 is 0 Å². The van der Waals surface area contributed by atoms with Gasteiger partial charge in [-0.05, 0) is 51.3 Å². The highest BCUT2D eigenvalue weighted by molar-refractivity contribution is 7.99. The lowest BCUT2D eigenvalue weighted by Crippen LogP contribution is -2.47. The Hall–Kier alpha value is -0.260. The van der Waals surface area contributed by atoms with Gasteiger partial charge in [0.05, 0.1) is 18.1 Å². The number of carbonyl (C=O) groups excluding carboxylic acids is 1. The Morgan fingerprint density at radius 3 is 2.80 bits per heavy atom. The maximum absolute atomic E-state index is 11.7. The third-order valence-electron chi connectivity index (χ3n) is 4.37. The highest BCUT2D eigenvalue weighted by Gasteiger charge is 2.37. The molecule has 1 N–H and O–H groups in total. The maximum Gasteiger partial charge on any atom is 0.308 e. The number of esters is 1. The Kier molecular flexibility index (Phi) is 6.18. The van der Waals surface area contributed by atoms with Gasteiger partial charge in [-0.1, -0.05) is 0 Å². The van der Waals surface area contributed by atoms with E-state index in [4.69, 9.17) is 4.74 Å². The van der Waals surface area contributed by atoms with E-state index in [0.29, 0.717) is 6.61 Å². The fraction of sp³-hybridized carbons (Fsp3) is 0.933. The lowest BCUT2D eigenvalue weighted by atomic mass is 9.78. The zero-order valence-electron chi connectivity index (χ0n) is 12.5. The molecule has 1 aliphatic heterocycles. The van der Waals surface area contributed by atoms with Crippen molar-refractivity contribution in [3.05, 3.63) is 0 Å². The van der Waals surface area contributed by atoms with Crippen molar-refractivity contribution in [3.8, 4) is 0 Å². The summed E-state index contributed by atoms with van der Waals surface area (Å²) in [5.74, 6) is 2.32. The first-order chi connectivity index (χ1) is 9.63. The zero-order valence-corrected chi connectivity index (χ0v) is 13.3. The molecule has 1 saturated carbocycles. The van der Waals surface area contributed by atoms with E-state index in [1.165, 1.54) is 17.9 Å². The molecule has 1 heterocycles. The number of hydrogen-bond acceptors (Lipinski definition) is 5. The lowest BCUT2D eigenvalue weighted by molar-refractivity contribution is -0.151. The monoisotopic (exact) mass is 301 g/mol. The van der Waals surface area contributed by atoms with Crippen LogP contribution in [0.3, 0.4) is 0 Å². The largest absolute Gasteiger partial charge is 0.466 e. The van der Waals surface area contributed by atoms with Gasteiger partial charge in [-0.3, -0.25) is 9.69 Å². The van der Waals surface area contributed by atoms with Gasteiger partial charge >= 0.3 is 5.97 Å². The van der Waals surface area contributed by atoms with Gasteiger partial charge in [-0.15, -0.1) is 0 Å². The van der Waals surface area contributed by atoms with Crippen LogP contribution in [0.5, 0.6) is 0 Å². The highest BCUT2D eigenvalue weighted by atomic mass is 32.2. The van der Waals surface area contributed by atoms with E-state index in [-0.39, 0.29) is 11.9 Å². The van der Waals surface area contributed by atoms with E-state index in [1.54, 1.807) is 0 Å². The van der Waals surface area contributed by atoms with Gasteiger partial charge in [0.15, 0.2) is 0 Å². The summed E-state index contributed by atoms with van der Waals surface area (Å²) in [6.45, 7) is 5.23. The first-order valence-electron chi connectivity index (χ1n) is 7.82. The Balaban J connectivity index is 1.79. The van der Waals surface area contributed by atoms with Gasteiger partial charge in [-0.25, -0.2) is 0 Å². The van der Waals surface area contributed by atoms with E-state index < -0.39 is 5.60 Å². The smallest absolute Gasteiger partial charge is 0.308 e. The van der Waals surface area contributed by atoms with E-state index in [9.17, 15) is 9.90 Å². The molecule has 2 aliphatic rings. The van der Waals surface area contributed by atoms with Crippen LogP contribution in [-0.2, 0) is 9.53 Å². The van der Waals surface area contributed by atoms with Crippen molar-refractivity contribution in [1.29, 1.82) is 0 Å². The predicted molar refractivity (Wildman–Crippen MR) is 81.9 cm³/mol. The molecule has 0 aromatic rings. The van der Waals surface area contributed by atoms with Gasteiger partial charge in [-0.2, -0.15) is 11.8 Å². The lowest BCUT2D eigenvalue weighted by Gasteiger charge is -2.38. The third-order valence-corrected chi connectivity index (χ3v) is 5.42. The molecular weight excluding hydrogens is 274 g/mol. The van der Waals surface area contributed by atoms with E-state index in [1.807, 2.05) is 18.7 Å². The molecule has 0 radical (unpaired) electrons. The first-order valence-corrected chi connectivity index (χ1v) is 8.97. The molecule has 116 valence electrons. The number of hydrogen-bond donors (Lipinski definition) is 1. The molecule has 1 saturated heterocycles. The van der Waals surface area contributed by atoms with Gasteiger partial charge in [0.2, 0.25) is 0 Å². The molecular formula is C15H27NO3S. The van der Waals surface area contributed by atoms with Crippen molar-refractivity contribution in [2.75, 3.05) is 37.7 Å². The number of nitrogens with zero attached hydrogens (tertiary/aromatic N) is 1. The molecule has 20 heavy (non-hydrogen) atoms. The summed E-state index contributed by atoms with van der Waals surface area (Å²) in [5.41, 5.74) is -0.599. The standard InChI is InChI=1S/C15H27NO3S/c1-2-19-14(17)13-4-6-15(18,7-5-13)12-16-8-3-10-20-11-9-16/h13,18H,2-12H2,1H3. The molecule has 2 fully saturated rings. The minimum Gasteiger partial charge on any atom is -0.466 e. The molecule has 0 atom stereocenters. The summed E-state index contributed by atoms with van der Waals surface area (Å²) in [5, 5.41) is 10.7. The van der Waals surface area contributed by atoms with Crippen molar-refractivity contribution in [2.45, 2.75) is 44.6 Å². The average molecular weight is 301 g/mol. The molecule has 4 nitrogen and oxygen atoms in total. The molecule has 0 bridgehead atoms. The fourth-order valence-corrected chi connectivity index (χ4v) is 4.11. The van der Waals surface area contributed by atoms with Crippen LogP contribution in [0, 0.1) is 5.92 Å². The summed E-state index contributed by atoms with van der Waals surface area (Å²) in [7, 11) is 0. The van der Waals surface area contributed by atoms with E-state index in [0.717, 1.165) is 45.3 Å². The van der Waals surface area contributed by atoms with Gasteiger partial charge in [0, 0.05) is 18.8 Å². The van der Waals surface area contributed by atoms with Crippen molar-refractivity contribution in [3.63, 3.8) is 0 Å². The van der Waals surface area contributed by atoms with Crippen LogP contribution in [-0.4, -0.2) is 59.3 Å². The van der Waals surface area contributed by atoms with Crippen LogP contribution in [0.2, 0.25) is 0 Å². The molecule has 0 aromatic heterocycles. The van der Waals surface area contributed by atoms with Crippen molar-refractivity contribution < 1.29 is 14.6 Å². The third kappa shape index (κ3) is 4.64. The van der Waals surface area contributed by atoms with Crippen LogP contribution >= 0.6 is 11.8 Å². The number of ether oxygens (including phenoxy) is 1. The number of aliphatic hydroxyl groups is 1. The molecule has 2 rings (SSSR count). The molecule has 5 heteroatoms. The van der Waals surface area contributed by atoms with Crippen LogP contribution < -0.4 is 0 Å². The minimum atomic E-state index is -0.599. The number of β-amino-alcohol motifs (C(OH)–C–C–N with tert-alkyl or cyclic N) is 1. The molecule has 0 amide bonds. The second kappa shape index (κ2) is 7.66. The summed E-state index contributed by atoms with van der Waals surface area (Å²) in [4.78, 5) is 14.1. The molecule has 0 spiro atoms. The topological polar surface area (TPSA) is 49.8 Å². The average Bonchev–Trinajstić information content (AvgIpc) is 2.68. The van der Waals surface area contributed by atoms with Crippen LogP contribution in [0.15, 0.2) is 0 Å². The Labute approximate surface area is 126 Å². The summed E-state index contributed by atoms with van der Waals surface area (Å²) in [6, 6.07) is 0. The van der Waals surface area contributed by atoms with Crippen LogP contribution in [0.25, 0.3) is 0 Å².